The molecular formula is C59H109N2O6P. The zero-order valence-corrected chi connectivity index (χ0v) is 45.9. The van der Waals surface area contributed by atoms with E-state index in [0.717, 1.165) is 83.5 Å². The quantitative estimate of drug-likeness (QED) is 0.0272. The summed E-state index contributed by atoms with van der Waals surface area (Å²) < 4.78 is 23.3. The normalized spacial score (nSPS) is 14.5. The summed E-state index contributed by atoms with van der Waals surface area (Å²) in [6.07, 6.45) is 68.2. The average Bonchev–Trinajstić information content (AvgIpc) is 3.30. The van der Waals surface area contributed by atoms with Gasteiger partial charge in [0.25, 0.3) is 7.82 Å². The Hall–Kier alpha value is -2.06. The van der Waals surface area contributed by atoms with E-state index < -0.39 is 20.0 Å². The Balaban J connectivity index is 4.28. The maximum Gasteiger partial charge on any atom is 0.268 e. The van der Waals surface area contributed by atoms with Crippen LogP contribution in [0, 0.1) is 0 Å². The van der Waals surface area contributed by atoms with Crippen molar-refractivity contribution < 1.29 is 32.9 Å². The van der Waals surface area contributed by atoms with Gasteiger partial charge in [0, 0.05) is 6.42 Å². The van der Waals surface area contributed by atoms with Gasteiger partial charge >= 0.3 is 0 Å². The molecule has 396 valence electrons. The Morgan fingerprint density at radius 1 is 0.529 bits per heavy atom. The largest absolute Gasteiger partial charge is 0.756 e. The van der Waals surface area contributed by atoms with Crippen LogP contribution in [0.2, 0.25) is 0 Å². The van der Waals surface area contributed by atoms with Gasteiger partial charge in [-0.05, 0) is 64.2 Å². The molecule has 2 N–H and O–H groups in total. The third-order valence-electron chi connectivity index (χ3n) is 12.4. The fourth-order valence-electron chi connectivity index (χ4n) is 8.00. The van der Waals surface area contributed by atoms with E-state index in [9.17, 15) is 19.4 Å². The molecular weight excluding hydrogens is 864 g/mol. The molecule has 8 nitrogen and oxygen atoms in total. The van der Waals surface area contributed by atoms with Crippen LogP contribution in [-0.2, 0) is 18.4 Å². The second-order valence-corrected chi connectivity index (χ2v) is 21.7. The van der Waals surface area contributed by atoms with Gasteiger partial charge in [-0.15, -0.1) is 0 Å². The van der Waals surface area contributed by atoms with Crippen molar-refractivity contribution in [2.75, 3.05) is 40.9 Å². The molecule has 0 saturated carbocycles. The summed E-state index contributed by atoms with van der Waals surface area (Å²) in [5.41, 5.74) is 0. The molecule has 0 aliphatic heterocycles. The molecule has 0 spiro atoms. The molecule has 0 aliphatic carbocycles. The average molecular weight is 974 g/mol. The molecule has 0 saturated heterocycles. The molecule has 3 atom stereocenters. The molecule has 1 amide bonds. The number of hydrogen-bond acceptors (Lipinski definition) is 6. The van der Waals surface area contributed by atoms with Crippen molar-refractivity contribution in [1.29, 1.82) is 0 Å². The monoisotopic (exact) mass is 973 g/mol. The van der Waals surface area contributed by atoms with E-state index in [2.05, 4.69) is 79.9 Å². The summed E-state index contributed by atoms with van der Waals surface area (Å²) in [4.78, 5) is 25.5. The first-order chi connectivity index (χ1) is 33.0. The molecule has 0 aliphatic rings. The van der Waals surface area contributed by atoms with E-state index >= 15 is 0 Å². The zero-order valence-electron chi connectivity index (χ0n) is 45.0. The third kappa shape index (κ3) is 51.8. The summed E-state index contributed by atoms with van der Waals surface area (Å²) in [6, 6.07) is -0.897. The van der Waals surface area contributed by atoms with Gasteiger partial charge in [-0.25, -0.2) is 0 Å². The van der Waals surface area contributed by atoms with Crippen LogP contribution in [0.5, 0.6) is 0 Å². The molecule has 0 radical (unpaired) electrons. The minimum atomic E-state index is -4.60. The number of aliphatic hydroxyl groups is 1. The number of phosphoric acid groups is 1. The second kappa shape index (κ2) is 49.9. The third-order valence-corrected chi connectivity index (χ3v) is 13.4. The number of allylic oxidation sites excluding steroid dienone is 11. The van der Waals surface area contributed by atoms with E-state index in [-0.39, 0.29) is 19.1 Å². The first-order valence-corrected chi connectivity index (χ1v) is 29.8. The Morgan fingerprint density at radius 3 is 1.31 bits per heavy atom. The number of phosphoric ester groups is 1. The SMILES string of the molecule is CC/C=C\C/C=C\C/C=C\C/C=C\C/C=C\CCCCCCCCCC(=O)NC(COP(=O)([O-])OCC[N+](C)(C)C)C(O)/C=C/CCCCCCCCCCCCCCCCCCCCCCC. The predicted octanol–water partition coefficient (Wildman–Crippen LogP) is 16.5. The van der Waals surface area contributed by atoms with Crippen molar-refractivity contribution in [2.45, 2.75) is 257 Å². The Labute approximate surface area is 421 Å². The van der Waals surface area contributed by atoms with Gasteiger partial charge in [0.05, 0.1) is 39.9 Å². The molecule has 68 heavy (non-hydrogen) atoms. The van der Waals surface area contributed by atoms with Crippen molar-refractivity contribution in [3.05, 3.63) is 72.9 Å². The zero-order chi connectivity index (χ0) is 49.9. The van der Waals surface area contributed by atoms with Crippen molar-refractivity contribution in [1.82, 2.24) is 5.32 Å². The number of amides is 1. The van der Waals surface area contributed by atoms with Gasteiger partial charge in [0.15, 0.2) is 0 Å². The lowest BCUT2D eigenvalue weighted by Gasteiger charge is -2.29. The number of carbonyl (C=O) groups is 1. The smallest absolute Gasteiger partial charge is 0.268 e. The number of aliphatic hydroxyl groups excluding tert-OH is 1. The molecule has 0 fully saturated rings. The van der Waals surface area contributed by atoms with Crippen LogP contribution in [0.1, 0.15) is 245 Å². The molecule has 0 aromatic carbocycles. The standard InChI is InChI=1S/C59H109N2O6P/c1-6-8-10-12-14-16-18-20-22-24-26-28-30-32-34-36-38-40-42-44-46-48-50-52-58(62)57(56-67-68(64,65)66-55-54-61(3,4)5)60-59(63)53-51-49-47-45-43-41-39-37-35-33-31-29-27-25-23-21-19-17-15-13-11-9-7-2/h9,11,15,17,21,23,27,29,33,35,50,52,57-58,62H,6-8,10,12-14,16,18-20,22,24-26,28,30-32,34,36-49,51,53-56H2,1-5H3,(H-,60,63,64,65)/b11-9-,17-15-,23-21-,29-27-,35-33-,52-50+. The van der Waals surface area contributed by atoms with Crippen LogP contribution in [0.3, 0.4) is 0 Å². The van der Waals surface area contributed by atoms with Crippen LogP contribution in [0.4, 0.5) is 0 Å². The fourth-order valence-corrected chi connectivity index (χ4v) is 8.73. The molecule has 0 aromatic rings. The fraction of sp³-hybridized carbons (Fsp3) is 0.780. The Morgan fingerprint density at radius 2 is 0.897 bits per heavy atom. The molecule has 0 rings (SSSR count). The van der Waals surface area contributed by atoms with Crippen LogP contribution in [-0.4, -0.2) is 68.5 Å². The highest BCUT2D eigenvalue weighted by molar-refractivity contribution is 7.45. The maximum absolute atomic E-state index is 13.0. The second-order valence-electron chi connectivity index (χ2n) is 20.3. The summed E-state index contributed by atoms with van der Waals surface area (Å²) in [5, 5.41) is 13.9. The number of quaternary nitrogens is 1. The lowest BCUT2D eigenvalue weighted by molar-refractivity contribution is -0.870. The first-order valence-electron chi connectivity index (χ1n) is 28.3. The van der Waals surface area contributed by atoms with Gasteiger partial charge < -0.3 is 28.8 Å². The van der Waals surface area contributed by atoms with Crippen LogP contribution >= 0.6 is 7.82 Å². The lowest BCUT2D eigenvalue weighted by atomic mass is 10.0. The molecule has 0 heterocycles. The number of likely N-dealkylation sites (N-methyl/N-ethyl adjacent to an activating group) is 1. The number of hydrogen-bond donors (Lipinski definition) is 2. The van der Waals surface area contributed by atoms with Gasteiger partial charge in [-0.1, -0.05) is 247 Å². The Kier molecular flexibility index (Phi) is 48.4. The number of carbonyl (C=O) groups excluding carboxylic acids is 1. The van der Waals surface area contributed by atoms with E-state index in [1.807, 2.05) is 27.2 Å². The van der Waals surface area contributed by atoms with Crippen molar-refractivity contribution in [2.24, 2.45) is 0 Å². The highest BCUT2D eigenvalue weighted by Gasteiger charge is 2.23. The number of nitrogens with zero attached hydrogens (tertiary/aromatic N) is 1. The summed E-state index contributed by atoms with van der Waals surface area (Å²) in [5.74, 6) is -0.209. The molecule has 0 bridgehead atoms. The highest BCUT2D eigenvalue weighted by atomic mass is 31.2. The predicted molar refractivity (Wildman–Crippen MR) is 293 cm³/mol. The topological polar surface area (TPSA) is 108 Å². The molecule has 0 aromatic heterocycles. The van der Waals surface area contributed by atoms with Gasteiger partial charge in [-0.3, -0.25) is 9.36 Å². The minimum absolute atomic E-state index is 0.00638. The minimum Gasteiger partial charge on any atom is -0.756 e. The van der Waals surface area contributed by atoms with Gasteiger partial charge in [0.2, 0.25) is 5.91 Å². The Bertz CT molecular complexity index is 1330. The van der Waals surface area contributed by atoms with E-state index in [1.54, 1.807) is 6.08 Å². The number of nitrogens with one attached hydrogen (secondary N) is 1. The highest BCUT2D eigenvalue weighted by Crippen LogP contribution is 2.38. The van der Waals surface area contributed by atoms with E-state index in [4.69, 9.17) is 9.05 Å². The number of unbranched alkanes of at least 4 members (excludes halogenated alkanes) is 28. The van der Waals surface area contributed by atoms with Crippen molar-refractivity contribution in [3.8, 4) is 0 Å². The van der Waals surface area contributed by atoms with Gasteiger partial charge in [-0.2, -0.15) is 0 Å². The van der Waals surface area contributed by atoms with Crippen LogP contribution in [0.25, 0.3) is 0 Å². The van der Waals surface area contributed by atoms with Crippen molar-refractivity contribution in [3.63, 3.8) is 0 Å². The van der Waals surface area contributed by atoms with Gasteiger partial charge in [0.1, 0.15) is 13.2 Å². The lowest BCUT2D eigenvalue weighted by Crippen LogP contribution is -2.45. The first kappa shape index (κ1) is 65.9. The molecule has 9 heteroatoms. The van der Waals surface area contributed by atoms with E-state index in [0.29, 0.717) is 17.4 Å². The van der Waals surface area contributed by atoms with Crippen molar-refractivity contribution >= 4 is 13.7 Å². The van der Waals surface area contributed by atoms with Crippen LogP contribution in [0.15, 0.2) is 72.9 Å². The maximum atomic E-state index is 13.0. The summed E-state index contributed by atoms with van der Waals surface area (Å²) >= 11 is 0. The summed E-state index contributed by atoms with van der Waals surface area (Å²) in [6.45, 7) is 4.54. The number of rotatable bonds is 51. The molecule has 3 unspecified atom stereocenters. The van der Waals surface area contributed by atoms with Crippen LogP contribution < -0.4 is 10.2 Å². The summed E-state index contributed by atoms with van der Waals surface area (Å²) in [7, 11) is 1.25. The van der Waals surface area contributed by atoms with E-state index in [1.165, 1.54) is 141 Å².